The average Bonchev–Trinajstić information content (AvgIpc) is 2.76. The van der Waals surface area contributed by atoms with Gasteiger partial charge in [0.1, 0.15) is 0 Å². The molecule has 0 unspecified atom stereocenters. The Balaban J connectivity index is 5.48. The van der Waals surface area contributed by atoms with Crippen molar-refractivity contribution in [1.29, 1.82) is 0 Å². The summed E-state index contributed by atoms with van der Waals surface area (Å²) in [5.41, 5.74) is 0. The summed E-state index contributed by atoms with van der Waals surface area (Å²) >= 11 is 0. The number of alkyl halides is 10. The third kappa shape index (κ3) is 8.90. The van der Waals surface area contributed by atoms with Crippen molar-refractivity contribution in [3.05, 3.63) is 0 Å². The molecule has 0 fully saturated rings. The Morgan fingerprint density at radius 1 is 0.611 bits per heavy atom. The van der Waals surface area contributed by atoms with Gasteiger partial charge >= 0.3 is 30.0 Å². The summed E-state index contributed by atoms with van der Waals surface area (Å²) in [5, 5.41) is 19.6. The molecule has 214 valence electrons. The third-order valence-electron chi connectivity index (χ3n) is 4.71. The van der Waals surface area contributed by atoms with Crippen LogP contribution < -0.4 is 10.6 Å². The first-order chi connectivity index (χ1) is 16.4. The summed E-state index contributed by atoms with van der Waals surface area (Å²) < 4.78 is 139. The van der Waals surface area contributed by atoms with Crippen molar-refractivity contribution in [2.45, 2.75) is 81.4 Å². The third-order valence-corrected chi connectivity index (χ3v) is 4.71. The molecule has 0 aliphatic carbocycles. The molecule has 0 radical (unpaired) electrons. The Morgan fingerprint density at radius 2 is 1.00 bits per heavy atom. The molecular formula is C19H28F10N2O5. The highest BCUT2D eigenvalue weighted by molar-refractivity contribution is 5.85. The number of ether oxygens (including phenoxy) is 1. The number of aliphatic hydroxyl groups is 2. The maximum atomic E-state index is 14.3. The van der Waals surface area contributed by atoms with Gasteiger partial charge in [-0.15, -0.1) is 0 Å². The number of carbonyl (C=O) groups is 2. The smallest absolute Gasteiger partial charge is 0.396 e. The molecule has 36 heavy (non-hydrogen) atoms. The topological polar surface area (TPSA) is 108 Å². The van der Waals surface area contributed by atoms with Crippen molar-refractivity contribution in [2.75, 3.05) is 26.3 Å². The number of hydrogen-bond donors (Lipinski definition) is 4. The zero-order valence-electron chi connectivity index (χ0n) is 18.9. The zero-order valence-corrected chi connectivity index (χ0v) is 18.9. The molecule has 0 aromatic heterocycles. The molecule has 0 saturated heterocycles. The van der Waals surface area contributed by atoms with Crippen molar-refractivity contribution >= 4 is 11.8 Å². The van der Waals surface area contributed by atoms with E-state index in [2.05, 4.69) is 4.74 Å². The van der Waals surface area contributed by atoms with E-state index in [1.165, 1.54) is 10.6 Å². The second-order valence-corrected chi connectivity index (χ2v) is 7.65. The van der Waals surface area contributed by atoms with Crippen molar-refractivity contribution in [2.24, 2.45) is 0 Å². The lowest BCUT2D eigenvalue weighted by atomic mass is 10.1. The van der Waals surface area contributed by atoms with Gasteiger partial charge in [0.15, 0.2) is 0 Å². The van der Waals surface area contributed by atoms with Crippen molar-refractivity contribution in [3.8, 4) is 0 Å². The van der Waals surface area contributed by atoms with Crippen molar-refractivity contribution in [1.82, 2.24) is 10.6 Å². The number of unbranched alkanes of at least 4 members (excludes halogenated alkanes) is 6. The predicted octanol–water partition coefficient (Wildman–Crippen LogP) is 3.43. The second-order valence-electron chi connectivity index (χ2n) is 7.65. The highest BCUT2D eigenvalue weighted by Gasteiger charge is 2.80. The molecular weight excluding hydrogens is 526 g/mol. The number of nitrogens with one attached hydrogen (secondary N) is 2. The van der Waals surface area contributed by atoms with Gasteiger partial charge in [0, 0.05) is 26.3 Å². The van der Waals surface area contributed by atoms with E-state index >= 15 is 0 Å². The molecule has 0 aromatic carbocycles. The fraction of sp³-hybridized carbons (Fsp3) is 0.895. The molecule has 0 aliphatic rings. The van der Waals surface area contributed by atoms with Gasteiger partial charge in [-0.2, -0.15) is 43.9 Å². The Bertz CT molecular complexity index is 694. The number of amides is 2. The second kappa shape index (κ2) is 14.2. The molecule has 2 amide bonds. The van der Waals surface area contributed by atoms with E-state index in [-0.39, 0.29) is 45.3 Å². The van der Waals surface area contributed by atoms with Gasteiger partial charge in [-0.3, -0.25) is 14.3 Å². The highest BCUT2D eigenvalue weighted by atomic mass is 19.4. The van der Waals surface area contributed by atoms with Crippen molar-refractivity contribution in [3.63, 3.8) is 0 Å². The molecule has 0 saturated carbocycles. The number of rotatable bonds is 18. The van der Waals surface area contributed by atoms with Gasteiger partial charge in [-0.05, 0) is 25.7 Å². The van der Waals surface area contributed by atoms with E-state index < -0.39 is 54.9 Å². The Morgan fingerprint density at radius 3 is 1.39 bits per heavy atom. The molecule has 0 heterocycles. The monoisotopic (exact) mass is 554 g/mol. The van der Waals surface area contributed by atoms with Crippen molar-refractivity contribution < 1.29 is 68.4 Å². The van der Waals surface area contributed by atoms with E-state index in [1.54, 1.807) is 0 Å². The molecule has 0 aromatic rings. The minimum absolute atomic E-state index is 0.0951. The SMILES string of the molecule is O=C(NCCCCCCO)C(F)(F)C(F)(F)C(F)(F)O[C@@](F)(C(=O)NCCCCCCO)C(F)(F)F. The molecule has 0 aliphatic heterocycles. The quantitative estimate of drug-likeness (QED) is 0.154. The van der Waals surface area contributed by atoms with Crippen LogP contribution in [0.3, 0.4) is 0 Å². The van der Waals surface area contributed by atoms with E-state index in [4.69, 9.17) is 10.2 Å². The van der Waals surface area contributed by atoms with Crippen LogP contribution in [0.25, 0.3) is 0 Å². The van der Waals surface area contributed by atoms with E-state index in [0.717, 1.165) is 0 Å². The number of halogens is 10. The normalized spacial score (nSPS) is 14.9. The van der Waals surface area contributed by atoms with Crippen LogP contribution in [0.4, 0.5) is 43.9 Å². The lowest BCUT2D eigenvalue weighted by Gasteiger charge is -2.35. The predicted molar refractivity (Wildman–Crippen MR) is 103 cm³/mol. The van der Waals surface area contributed by atoms with Crippen LogP contribution in [0.15, 0.2) is 0 Å². The molecule has 0 spiro atoms. The lowest BCUT2D eigenvalue weighted by molar-refractivity contribution is -0.455. The lowest BCUT2D eigenvalue weighted by Crippen LogP contribution is -2.66. The Hall–Kier alpha value is -1.88. The van der Waals surface area contributed by atoms with E-state index in [0.29, 0.717) is 19.3 Å². The Labute approximate surface area is 199 Å². The van der Waals surface area contributed by atoms with Crippen LogP contribution >= 0.6 is 0 Å². The summed E-state index contributed by atoms with van der Waals surface area (Å²) in [6.45, 7) is -1.90. The zero-order chi connectivity index (χ0) is 28.3. The van der Waals surface area contributed by atoms with E-state index in [9.17, 15) is 53.5 Å². The van der Waals surface area contributed by atoms with E-state index in [1.807, 2.05) is 0 Å². The van der Waals surface area contributed by atoms with Gasteiger partial charge in [0.05, 0.1) is 0 Å². The molecule has 1 atom stereocenters. The van der Waals surface area contributed by atoms with Crippen LogP contribution in [0.2, 0.25) is 0 Å². The van der Waals surface area contributed by atoms with Gasteiger partial charge in [-0.25, -0.2) is 0 Å². The fourth-order valence-electron chi connectivity index (χ4n) is 2.61. The molecule has 4 N–H and O–H groups in total. The average molecular weight is 554 g/mol. The minimum atomic E-state index is -7.02. The first kappa shape index (κ1) is 34.1. The summed E-state index contributed by atoms with van der Waals surface area (Å²) in [4.78, 5) is 23.0. The molecule has 0 bridgehead atoms. The molecule has 7 nitrogen and oxygen atoms in total. The minimum Gasteiger partial charge on any atom is -0.396 e. The van der Waals surface area contributed by atoms with Crippen LogP contribution in [0, 0.1) is 0 Å². The molecule has 17 heteroatoms. The van der Waals surface area contributed by atoms with Gasteiger partial charge in [0.2, 0.25) is 0 Å². The highest BCUT2D eigenvalue weighted by Crippen LogP contribution is 2.50. The van der Waals surface area contributed by atoms with Gasteiger partial charge in [0.25, 0.3) is 11.8 Å². The number of carbonyl (C=O) groups excluding carboxylic acids is 2. The van der Waals surface area contributed by atoms with Crippen LogP contribution in [-0.4, -0.2) is 78.3 Å². The first-order valence-corrected chi connectivity index (χ1v) is 10.8. The maximum Gasteiger partial charge on any atom is 0.458 e. The largest absolute Gasteiger partial charge is 0.458 e. The first-order valence-electron chi connectivity index (χ1n) is 10.8. The number of aliphatic hydroxyl groups excluding tert-OH is 2. The summed E-state index contributed by atoms with van der Waals surface area (Å²) in [6, 6.07) is 0. The number of hydrogen-bond acceptors (Lipinski definition) is 5. The molecule has 0 rings (SSSR count). The van der Waals surface area contributed by atoms with Crippen LogP contribution in [-0.2, 0) is 14.3 Å². The fourth-order valence-corrected chi connectivity index (χ4v) is 2.61. The summed E-state index contributed by atoms with van der Waals surface area (Å²) in [7, 11) is 0. The van der Waals surface area contributed by atoms with Crippen LogP contribution in [0.5, 0.6) is 0 Å². The summed E-state index contributed by atoms with van der Waals surface area (Å²) in [5.74, 6) is -25.6. The van der Waals surface area contributed by atoms with Gasteiger partial charge < -0.3 is 20.8 Å². The summed E-state index contributed by atoms with van der Waals surface area (Å²) in [6.07, 6.45) is -12.3. The maximum absolute atomic E-state index is 14.3. The van der Waals surface area contributed by atoms with Crippen LogP contribution in [0.1, 0.15) is 51.4 Å². The standard InChI is InChI=1S/C19H28F10N2O5/c20-15(21,13(34)30-9-5-1-3-7-11-32)17(23,24)19(28,29)36-16(22,18(25,26)27)14(35)31-10-6-2-4-8-12-33/h32-33H,1-12H2,(H,30,34)(H,31,35)/t16-/m0/s1. The van der Waals surface area contributed by atoms with Gasteiger partial charge in [-0.1, -0.05) is 25.7 Å². The Kier molecular flexibility index (Phi) is 13.4.